The Hall–Kier alpha value is -6.70. The van der Waals surface area contributed by atoms with E-state index in [1.54, 1.807) is 45.0 Å². The van der Waals surface area contributed by atoms with Gasteiger partial charge in [-0.15, -0.1) is 0 Å². The van der Waals surface area contributed by atoms with Crippen LogP contribution < -0.4 is 20.3 Å². The molecule has 1 fully saturated rings. The number of hydrogen-bond acceptors (Lipinski definition) is 21. The van der Waals surface area contributed by atoms with Crippen LogP contribution in [-0.2, 0) is 68.0 Å². The van der Waals surface area contributed by atoms with Gasteiger partial charge in [0, 0.05) is 100 Å². The number of carboxylic acids is 3. The minimum absolute atomic E-state index is 0.00296. The quantitative estimate of drug-likeness (QED) is 0.0508. The number of amides is 3. The number of carboxylic acid groups (broad SMARTS) is 3. The van der Waals surface area contributed by atoms with Gasteiger partial charge in [0.25, 0.3) is 5.91 Å². The fourth-order valence-electron chi connectivity index (χ4n) is 8.49. The molecule has 2 aromatic carbocycles. The zero-order valence-electron chi connectivity index (χ0n) is 49.9. The van der Waals surface area contributed by atoms with Crippen LogP contribution >= 0.6 is 11.6 Å². The molecule has 0 radical (unpaired) electrons. The van der Waals surface area contributed by atoms with E-state index in [1.807, 2.05) is 4.90 Å². The second-order valence-corrected chi connectivity index (χ2v) is 20.1. The Morgan fingerprint density at radius 3 is 1.39 bits per heavy atom. The molecule has 0 bridgehead atoms. The monoisotopic (exact) mass is 1280 g/mol. The summed E-state index contributed by atoms with van der Waals surface area (Å²) in [6.45, 7) is 7.75. The van der Waals surface area contributed by atoms with Crippen molar-refractivity contribution in [3.63, 3.8) is 0 Å². The summed E-state index contributed by atoms with van der Waals surface area (Å²) in [5.74, 6) is -3.83. The molecule has 0 aliphatic carbocycles. The first-order valence-corrected chi connectivity index (χ1v) is 29.2. The molecule has 89 heavy (non-hydrogen) atoms. The smallest absolute Gasteiger partial charge is 0.433 e. The van der Waals surface area contributed by atoms with Crippen LogP contribution in [0.3, 0.4) is 0 Å². The van der Waals surface area contributed by atoms with Gasteiger partial charge in [0.1, 0.15) is 11.4 Å². The van der Waals surface area contributed by atoms with Gasteiger partial charge in [0.05, 0.1) is 162 Å². The third kappa shape index (κ3) is 31.5. The molecule has 1 aliphatic heterocycles. The molecule has 31 heteroatoms. The highest BCUT2D eigenvalue weighted by molar-refractivity contribution is 6.33. The Morgan fingerprint density at radius 2 is 0.978 bits per heavy atom. The van der Waals surface area contributed by atoms with Crippen molar-refractivity contribution in [2.75, 3.05) is 216 Å². The van der Waals surface area contributed by atoms with Gasteiger partial charge in [-0.3, -0.25) is 53.4 Å². The second-order valence-electron chi connectivity index (χ2n) is 19.7. The fourth-order valence-corrected chi connectivity index (χ4v) is 8.71. The number of aromatic nitrogens is 1. The maximum atomic E-state index is 13.6. The number of hydrogen-bond donors (Lipinski definition) is 5. The van der Waals surface area contributed by atoms with Crippen LogP contribution in [-0.4, -0.2) is 287 Å². The number of carbonyl (C=O) groups excluding carboxylic acids is 3. The van der Waals surface area contributed by atoms with E-state index in [9.17, 15) is 62.5 Å². The third-order valence-corrected chi connectivity index (χ3v) is 13.4. The largest absolute Gasteiger partial charge is 0.491 e. The van der Waals surface area contributed by atoms with Crippen molar-refractivity contribution in [2.45, 2.75) is 12.6 Å². The van der Waals surface area contributed by atoms with Crippen molar-refractivity contribution >= 4 is 52.9 Å². The van der Waals surface area contributed by atoms with Crippen molar-refractivity contribution < 1.29 is 99.9 Å². The number of pyridine rings is 1. The number of ether oxygens (including phenoxy) is 9. The molecule has 4 rings (SSSR count). The SMILES string of the molecule is CN(C(=O)c1ccc(Cl)c(-c2cnc(C(F)(F)F)cc2C#N)c1)c1ccccc1OCCC(=O)NCCOCCOCCOCCOCCOCCOCCOCCOCCNC(=O)CN1CCN(CC(=O)O)CCN(CC(=O)O)CCN(CC(=O)O)CC1. The Morgan fingerprint density at radius 1 is 0.573 bits per heavy atom. The molecule has 3 aromatic rings. The summed E-state index contributed by atoms with van der Waals surface area (Å²) in [4.78, 5) is 85.1. The van der Waals surface area contributed by atoms with Gasteiger partial charge in [-0.2, -0.15) is 18.4 Å². The van der Waals surface area contributed by atoms with E-state index in [0.29, 0.717) is 136 Å². The summed E-state index contributed by atoms with van der Waals surface area (Å²) >= 11 is 6.37. The van der Waals surface area contributed by atoms with E-state index in [2.05, 4.69) is 15.6 Å². The Kier molecular flexibility index (Phi) is 36.2. The van der Waals surface area contributed by atoms with Gasteiger partial charge in [-0.25, -0.2) is 0 Å². The van der Waals surface area contributed by atoms with Crippen LogP contribution in [0, 0.1) is 11.3 Å². The summed E-state index contributed by atoms with van der Waals surface area (Å²) in [5, 5.41) is 43.4. The summed E-state index contributed by atoms with van der Waals surface area (Å²) < 4.78 is 89.8. The number of rotatable bonds is 42. The predicted molar refractivity (Wildman–Crippen MR) is 315 cm³/mol. The second kappa shape index (κ2) is 43.1. The Balaban J connectivity index is 0.915. The molecule has 1 aromatic heterocycles. The molecule has 1 aliphatic rings. The first-order valence-electron chi connectivity index (χ1n) is 28.8. The molecule has 0 atom stereocenters. The number of alkyl halides is 3. The average Bonchev–Trinajstić information content (AvgIpc) is 1.57. The number of nitriles is 1. The number of nitrogens with zero attached hydrogens (tertiary/aromatic N) is 7. The van der Waals surface area contributed by atoms with Crippen LogP contribution in [0.5, 0.6) is 5.75 Å². The normalized spacial score (nSPS) is 14.1. The highest BCUT2D eigenvalue weighted by Gasteiger charge is 2.33. The number of carbonyl (C=O) groups is 6. The molecule has 3 amide bonds. The lowest BCUT2D eigenvalue weighted by molar-refractivity contribution is -0.141. The standard InChI is InChI=1S/C58H81ClF3N9O18/c1-67(57(80)44-6-7-48(59)46(36-44)47-39-66-51(58(60,61)62)37-45(47)38-63)49-4-2-3-5-50(49)89-19-8-52(72)64-9-20-81-22-24-83-26-28-85-30-32-87-34-35-88-33-31-86-29-27-84-25-23-82-21-10-65-53(73)40-68-11-13-69(41-54(74)75)15-17-71(43-56(78)79)18-16-70(14-12-68)42-55(76)77/h2-7,36-37,39H,8-35,40-43H2,1H3,(H,64,72)(H,65,73)(H,74,75)(H,76,77)(H,78,79). The van der Waals surface area contributed by atoms with Crippen molar-refractivity contribution in [2.24, 2.45) is 0 Å². The zero-order valence-corrected chi connectivity index (χ0v) is 50.7. The summed E-state index contributed by atoms with van der Waals surface area (Å²) in [6.07, 6.45) is -3.85. The highest BCUT2D eigenvalue weighted by atomic mass is 35.5. The third-order valence-electron chi connectivity index (χ3n) is 13.1. The molecule has 27 nitrogen and oxygen atoms in total. The van der Waals surface area contributed by atoms with E-state index in [-0.39, 0.29) is 131 Å². The maximum absolute atomic E-state index is 13.6. The summed E-state index contributed by atoms with van der Waals surface area (Å²) in [7, 11) is 1.51. The fraction of sp³-hybridized carbons (Fsp3) is 0.586. The van der Waals surface area contributed by atoms with Crippen LogP contribution in [0.2, 0.25) is 5.02 Å². The van der Waals surface area contributed by atoms with E-state index in [0.717, 1.165) is 6.20 Å². The number of aliphatic carboxylic acids is 3. The lowest BCUT2D eigenvalue weighted by Gasteiger charge is -2.32. The van der Waals surface area contributed by atoms with Gasteiger partial charge in [-0.1, -0.05) is 23.7 Å². The number of halogens is 4. The number of nitrogens with one attached hydrogen (secondary N) is 2. The van der Waals surface area contributed by atoms with Crippen molar-refractivity contribution in [1.82, 2.24) is 35.2 Å². The average molecular weight is 1280 g/mol. The van der Waals surface area contributed by atoms with Gasteiger partial charge < -0.3 is 73.5 Å². The molecule has 5 N–H and O–H groups in total. The highest BCUT2D eigenvalue weighted by Crippen LogP contribution is 2.36. The number of benzene rings is 2. The van der Waals surface area contributed by atoms with E-state index in [4.69, 9.17) is 54.2 Å². The molecule has 2 heterocycles. The summed E-state index contributed by atoms with van der Waals surface area (Å²) in [5.41, 5.74) is -0.872. The topological polar surface area (TPSA) is 323 Å². The maximum Gasteiger partial charge on any atom is 0.433 e. The predicted octanol–water partition coefficient (Wildman–Crippen LogP) is 2.18. The summed E-state index contributed by atoms with van der Waals surface area (Å²) in [6, 6.07) is 13.3. The van der Waals surface area contributed by atoms with Crippen LogP contribution in [0.15, 0.2) is 54.7 Å². The number of para-hydroxylation sites is 2. The molecule has 1 saturated heterocycles. The molecule has 0 unspecified atom stereocenters. The first-order chi connectivity index (χ1) is 42.8. The van der Waals surface area contributed by atoms with Gasteiger partial charge in [-0.05, 0) is 36.4 Å². The van der Waals surface area contributed by atoms with E-state index < -0.39 is 35.7 Å². The van der Waals surface area contributed by atoms with Gasteiger partial charge >= 0.3 is 24.1 Å². The zero-order chi connectivity index (χ0) is 64.7. The van der Waals surface area contributed by atoms with Crippen molar-refractivity contribution in [1.29, 1.82) is 5.26 Å². The van der Waals surface area contributed by atoms with Gasteiger partial charge in [0.15, 0.2) is 0 Å². The van der Waals surface area contributed by atoms with Crippen LogP contribution in [0.1, 0.15) is 28.0 Å². The van der Waals surface area contributed by atoms with Crippen LogP contribution in [0.4, 0.5) is 18.9 Å². The lowest BCUT2D eigenvalue weighted by Crippen LogP contribution is -2.50. The molecule has 0 spiro atoms. The molecular formula is C58H81ClF3N9O18. The minimum atomic E-state index is -4.76. The first kappa shape index (κ1) is 74.8. The van der Waals surface area contributed by atoms with E-state index >= 15 is 0 Å². The lowest BCUT2D eigenvalue weighted by atomic mass is 9.99. The molecule has 494 valence electrons. The molecular weight excluding hydrogens is 1200 g/mol. The Bertz CT molecular complexity index is 2650. The van der Waals surface area contributed by atoms with Crippen molar-refractivity contribution in [3.05, 3.63) is 76.6 Å². The van der Waals surface area contributed by atoms with Gasteiger partial charge in [0.2, 0.25) is 11.8 Å². The molecule has 0 saturated carbocycles. The number of anilines is 1. The van der Waals surface area contributed by atoms with E-state index in [1.165, 1.54) is 30.1 Å². The Labute approximate surface area is 519 Å². The van der Waals surface area contributed by atoms with Crippen molar-refractivity contribution in [3.8, 4) is 22.9 Å². The van der Waals surface area contributed by atoms with Crippen LogP contribution in [0.25, 0.3) is 11.1 Å². The minimum Gasteiger partial charge on any atom is -0.491 e.